The minimum absolute atomic E-state index is 0.333. The van der Waals surface area contributed by atoms with E-state index in [2.05, 4.69) is 12.2 Å². The van der Waals surface area contributed by atoms with Gasteiger partial charge in [0, 0.05) is 19.7 Å². The normalized spacial score (nSPS) is 20.4. The number of hydrogen-bond donors (Lipinski definition) is 2. The van der Waals surface area contributed by atoms with Gasteiger partial charge < -0.3 is 19.9 Å². The van der Waals surface area contributed by atoms with Crippen LogP contribution in [0.1, 0.15) is 51.9 Å². The Hall–Kier alpha value is -0.160. The van der Waals surface area contributed by atoms with Gasteiger partial charge in [0.15, 0.2) is 0 Å². The van der Waals surface area contributed by atoms with Gasteiger partial charge in [-0.2, -0.15) is 0 Å². The van der Waals surface area contributed by atoms with Gasteiger partial charge >= 0.3 is 0 Å². The van der Waals surface area contributed by atoms with Crippen LogP contribution in [0, 0.1) is 0 Å². The van der Waals surface area contributed by atoms with Gasteiger partial charge in [0.2, 0.25) is 0 Å². The lowest BCUT2D eigenvalue weighted by atomic mass is 9.98. The van der Waals surface area contributed by atoms with Crippen molar-refractivity contribution in [3.63, 3.8) is 0 Å². The van der Waals surface area contributed by atoms with Crippen LogP contribution in [-0.4, -0.2) is 50.2 Å². The zero-order valence-corrected chi connectivity index (χ0v) is 12.6. The average molecular weight is 273 g/mol. The van der Waals surface area contributed by atoms with Crippen molar-refractivity contribution in [1.82, 2.24) is 5.32 Å². The summed E-state index contributed by atoms with van der Waals surface area (Å²) >= 11 is 0. The third kappa shape index (κ3) is 7.88. The van der Waals surface area contributed by atoms with Crippen LogP contribution in [-0.2, 0) is 9.47 Å². The van der Waals surface area contributed by atoms with Crippen LogP contribution < -0.4 is 5.32 Å². The van der Waals surface area contributed by atoms with E-state index >= 15 is 0 Å². The van der Waals surface area contributed by atoms with Crippen LogP contribution in [0.15, 0.2) is 0 Å². The molecule has 1 aliphatic rings. The number of aliphatic hydroxyl groups is 1. The van der Waals surface area contributed by atoms with E-state index in [1.165, 1.54) is 19.3 Å². The van der Waals surface area contributed by atoms with Crippen molar-refractivity contribution >= 4 is 0 Å². The molecule has 2 unspecified atom stereocenters. The van der Waals surface area contributed by atoms with Crippen LogP contribution in [0.5, 0.6) is 0 Å². The lowest BCUT2D eigenvalue weighted by Gasteiger charge is -2.24. The van der Waals surface area contributed by atoms with Gasteiger partial charge in [-0.3, -0.25) is 0 Å². The first kappa shape index (κ1) is 16.9. The van der Waals surface area contributed by atoms with E-state index in [4.69, 9.17) is 9.47 Å². The summed E-state index contributed by atoms with van der Waals surface area (Å²) in [5.41, 5.74) is 0. The fraction of sp³-hybridized carbons (Fsp3) is 1.00. The highest BCUT2D eigenvalue weighted by molar-refractivity contribution is 4.70. The third-order valence-electron chi connectivity index (χ3n) is 3.72. The quantitative estimate of drug-likeness (QED) is 0.640. The molecule has 4 heteroatoms. The van der Waals surface area contributed by atoms with Crippen LogP contribution >= 0.6 is 0 Å². The minimum Gasteiger partial charge on any atom is -0.389 e. The highest BCUT2D eigenvalue weighted by Crippen LogP contribution is 2.20. The van der Waals surface area contributed by atoms with Crippen molar-refractivity contribution in [2.24, 2.45) is 0 Å². The zero-order chi connectivity index (χ0) is 13.9. The van der Waals surface area contributed by atoms with E-state index in [-0.39, 0.29) is 0 Å². The molecule has 2 atom stereocenters. The van der Waals surface area contributed by atoms with E-state index in [0.29, 0.717) is 31.9 Å². The number of rotatable bonds is 10. The van der Waals surface area contributed by atoms with Crippen molar-refractivity contribution in [3.8, 4) is 0 Å². The molecule has 0 aromatic carbocycles. The van der Waals surface area contributed by atoms with E-state index in [0.717, 1.165) is 25.7 Å². The highest BCUT2D eigenvalue weighted by Gasteiger charge is 2.16. The zero-order valence-electron chi connectivity index (χ0n) is 12.6. The van der Waals surface area contributed by atoms with Gasteiger partial charge in [-0.05, 0) is 19.3 Å². The lowest BCUT2D eigenvalue weighted by molar-refractivity contribution is -0.0242. The second-order valence-electron chi connectivity index (χ2n) is 5.60. The number of aliphatic hydroxyl groups excluding tert-OH is 1. The second-order valence-corrected chi connectivity index (χ2v) is 5.60. The maximum atomic E-state index is 9.94. The molecule has 1 fully saturated rings. The van der Waals surface area contributed by atoms with Crippen LogP contribution in [0.3, 0.4) is 0 Å². The molecule has 0 radical (unpaired) electrons. The first-order chi connectivity index (χ1) is 9.26. The van der Waals surface area contributed by atoms with Crippen LogP contribution in [0.25, 0.3) is 0 Å². The Bertz CT molecular complexity index is 202. The molecule has 1 rings (SSSR count). The molecule has 1 aliphatic carbocycles. The molecule has 0 amide bonds. The molecule has 0 bridgehead atoms. The van der Waals surface area contributed by atoms with Crippen LogP contribution in [0.4, 0.5) is 0 Å². The van der Waals surface area contributed by atoms with E-state index in [1.54, 1.807) is 7.11 Å². The summed E-state index contributed by atoms with van der Waals surface area (Å²) in [6.07, 6.45) is 8.33. The maximum Gasteiger partial charge on any atom is 0.0897 e. The molecule has 0 aliphatic heterocycles. The van der Waals surface area contributed by atoms with Crippen LogP contribution in [0.2, 0.25) is 0 Å². The molecule has 0 spiro atoms. The van der Waals surface area contributed by atoms with Crippen molar-refractivity contribution in [3.05, 3.63) is 0 Å². The number of methoxy groups -OCH3 is 1. The summed E-state index contributed by atoms with van der Waals surface area (Å²) in [6.45, 7) is 3.89. The largest absolute Gasteiger partial charge is 0.389 e. The average Bonchev–Trinajstić information content (AvgIpc) is 2.44. The third-order valence-corrected chi connectivity index (χ3v) is 3.72. The maximum absolute atomic E-state index is 9.94. The summed E-state index contributed by atoms with van der Waals surface area (Å²) < 4.78 is 10.9. The number of nitrogens with one attached hydrogen (secondary N) is 1. The molecule has 0 aromatic heterocycles. The van der Waals surface area contributed by atoms with Gasteiger partial charge in [-0.25, -0.2) is 0 Å². The molecule has 0 aromatic rings. The molecule has 114 valence electrons. The van der Waals surface area contributed by atoms with Crippen molar-refractivity contribution in [1.29, 1.82) is 0 Å². The van der Waals surface area contributed by atoms with Crippen molar-refractivity contribution < 1.29 is 14.6 Å². The van der Waals surface area contributed by atoms with Gasteiger partial charge in [-0.15, -0.1) is 0 Å². The topological polar surface area (TPSA) is 50.7 Å². The predicted octanol–water partition coefficient (Wildman–Crippen LogP) is 2.10. The molecule has 4 nitrogen and oxygen atoms in total. The summed E-state index contributed by atoms with van der Waals surface area (Å²) in [5.74, 6) is 0. The Kier molecular flexibility index (Phi) is 9.43. The molecule has 2 N–H and O–H groups in total. The number of ether oxygens (including phenoxy) is 2. The van der Waals surface area contributed by atoms with E-state index in [1.807, 2.05) is 0 Å². The fourth-order valence-electron chi connectivity index (χ4n) is 2.63. The Morgan fingerprint density at radius 3 is 2.58 bits per heavy atom. The summed E-state index contributed by atoms with van der Waals surface area (Å²) in [5, 5.41) is 13.3. The highest BCUT2D eigenvalue weighted by atomic mass is 16.5. The summed E-state index contributed by atoms with van der Waals surface area (Å²) in [4.78, 5) is 0. The molecular weight excluding hydrogens is 242 g/mol. The van der Waals surface area contributed by atoms with E-state index < -0.39 is 6.10 Å². The monoisotopic (exact) mass is 273 g/mol. The SMILES string of the molecule is CCCC(COC)NCC(O)COC1CCCCC1. The first-order valence-electron chi connectivity index (χ1n) is 7.78. The van der Waals surface area contributed by atoms with Gasteiger partial charge in [0.1, 0.15) is 0 Å². The van der Waals surface area contributed by atoms with Gasteiger partial charge in [0.05, 0.1) is 25.4 Å². The Balaban J connectivity index is 2.09. The number of hydrogen-bond acceptors (Lipinski definition) is 4. The Labute approximate surface area is 117 Å². The Morgan fingerprint density at radius 2 is 1.95 bits per heavy atom. The van der Waals surface area contributed by atoms with Gasteiger partial charge in [-0.1, -0.05) is 32.6 Å². The molecular formula is C15H31NO3. The fourth-order valence-corrected chi connectivity index (χ4v) is 2.63. The van der Waals surface area contributed by atoms with E-state index in [9.17, 15) is 5.11 Å². The van der Waals surface area contributed by atoms with Gasteiger partial charge in [0.25, 0.3) is 0 Å². The standard InChI is InChI=1S/C15H31NO3/c1-3-7-13(11-18-2)16-10-14(17)12-19-15-8-5-4-6-9-15/h13-17H,3-12H2,1-2H3. The molecule has 1 saturated carbocycles. The Morgan fingerprint density at radius 1 is 1.21 bits per heavy atom. The molecule has 19 heavy (non-hydrogen) atoms. The predicted molar refractivity (Wildman–Crippen MR) is 77.4 cm³/mol. The smallest absolute Gasteiger partial charge is 0.0897 e. The second kappa shape index (κ2) is 10.6. The summed E-state index contributed by atoms with van der Waals surface area (Å²) in [6, 6.07) is 0.333. The first-order valence-corrected chi connectivity index (χ1v) is 7.78. The molecule has 0 heterocycles. The van der Waals surface area contributed by atoms with Crippen molar-refractivity contribution in [2.75, 3.05) is 26.9 Å². The molecule has 0 saturated heterocycles. The van der Waals surface area contributed by atoms with Crippen molar-refractivity contribution in [2.45, 2.75) is 70.1 Å². The lowest BCUT2D eigenvalue weighted by Crippen LogP contribution is -2.40. The minimum atomic E-state index is -0.418. The summed E-state index contributed by atoms with van der Waals surface area (Å²) in [7, 11) is 1.72.